The average Bonchev–Trinajstić information content (AvgIpc) is 2.49. The summed E-state index contributed by atoms with van der Waals surface area (Å²) in [5.74, 6) is -0.846. The van der Waals surface area contributed by atoms with Gasteiger partial charge in [0.2, 0.25) is 5.91 Å². The Bertz CT molecular complexity index is 621. The van der Waals surface area contributed by atoms with Crippen LogP contribution in [0.15, 0.2) is 18.2 Å². The second-order valence-electron chi connectivity index (χ2n) is 5.77. The van der Waals surface area contributed by atoms with Gasteiger partial charge >= 0.3 is 0 Å². The monoisotopic (exact) mass is 360 g/mol. The van der Waals surface area contributed by atoms with E-state index in [1.54, 1.807) is 6.07 Å². The smallest absolute Gasteiger partial charge is 0.253 e. The van der Waals surface area contributed by atoms with E-state index in [0.29, 0.717) is 11.6 Å². The first-order chi connectivity index (χ1) is 10.7. The van der Waals surface area contributed by atoms with E-state index < -0.39 is 17.6 Å². The Morgan fingerprint density at radius 2 is 2.13 bits per heavy atom. The molecule has 0 saturated carbocycles. The number of β-amino-alcohol motifs (C(OH)–C–C–N with tert-alkyl or cyclic N) is 1. The third kappa shape index (κ3) is 4.35. The molecule has 1 heterocycles. The van der Waals surface area contributed by atoms with E-state index in [1.165, 1.54) is 24.0 Å². The van der Waals surface area contributed by atoms with Gasteiger partial charge < -0.3 is 20.4 Å². The fourth-order valence-corrected chi connectivity index (χ4v) is 2.66. The molecule has 1 aliphatic rings. The number of halogens is 2. The van der Waals surface area contributed by atoms with E-state index in [2.05, 4.69) is 5.32 Å². The van der Waals surface area contributed by atoms with Gasteiger partial charge in [0.25, 0.3) is 5.91 Å². The maximum Gasteiger partial charge on any atom is 0.253 e. The molecule has 6 nitrogen and oxygen atoms in total. The number of aliphatic hydroxyl groups excluding tert-OH is 1. The van der Waals surface area contributed by atoms with Gasteiger partial charge in [-0.05, 0) is 31.5 Å². The predicted molar refractivity (Wildman–Crippen MR) is 86.6 cm³/mol. The molecule has 1 fully saturated rings. The van der Waals surface area contributed by atoms with Gasteiger partial charge in [-0.3, -0.25) is 9.59 Å². The van der Waals surface area contributed by atoms with Crippen LogP contribution in [0.3, 0.4) is 0 Å². The lowest BCUT2D eigenvalue weighted by Crippen LogP contribution is -2.56. The summed E-state index contributed by atoms with van der Waals surface area (Å²) in [5.41, 5.74) is -1.01. The van der Waals surface area contributed by atoms with Gasteiger partial charge in [-0.2, -0.15) is 0 Å². The minimum Gasteiger partial charge on any atom is -0.388 e. The van der Waals surface area contributed by atoms with Gasteiger partial charge in [0, 0.05) is 18.1 Å². The van der Waals surface area contributed by atoms with Crippen LogP contribution in [0.5, 0.6) is 0 Å². The summed E-state index contributed by atoms with van der Waals surface area (Å²) in [6.07, 6.45) is -0.744. The number of nitrogens with zero attached hydrogens (tertiary/aromatic N) is 1. The van der Waals surface area contributed by atoms with Crippen molar-refractivity contribution in [3.8, 4) is 0 Å². The minimum absolute atomic E-state index is 0.0274. The highest BCUT2D eigenvalue weighted by Gasteiger charge is 2.37. The first-order valence-corrected chi connectivity index (χ1v) is 7.88. The van der Waals surface area contributed by atoms with E-state index in [-0.39, 0.29) is 36.0 Å². The number of likely N-dealkylation sites (tertiary alicyclic amines) is 1. The lowest BCUT2D eigenvalue weighted by molar-refractivity contribution is -0.145. The number of hydrogen-bond donors (Lipinski definition) is 3. The van der Waals surface area contributed by atoms with Crippen LogP contribution < -0.4 is 5.32 Å². The maximum atomic E-state index is 12.1. The Kier molecular flexibility index (Phi) is 5.52. The summed E-state index contributed by atoms with van der Waals surface area (Å²) < 4.78 is 0. The van der Waals surface area contributed by atoms with Crippen LogP contribution in [0, 0.1) is 0 Å². The molecule has 8 heteroatoms. The highest BCUT2D eigenvalue weighted by atomic mass is 35.5. The molecule has 0 aliphatic carbocycles. The summed E-state index contributed by atoms with van der Waals surface area (Å²) in [7, 11) is 0. The highest BCUT2D eigenvalue weighted by Crippen LogP contribution is 2.22. The number of piperidine rings is 1. The maximum absolute atomic E-state index is 12.1. The second kappa shape index (κ2) is 7.05. The standard InChI is InChI=1S/C15H18Cl2N2O4/c1-15(23)4-5-19(8-12(15)20)13(21)7-18-14(22)10-6-9(16)2-3-11(10)17/h2-3,6,12,20,23H,4-5,7-8H2,1H3,(H,18,22)/t12-,15-/m0/s1. The Balaban J connectivity index is 1.92. The van der Waals surface area contributed by atoms with Crippen LogP contribution in [0.2, 0.25) is 10.0 Å². The van der Waals surface area contributed by atoms with Crippen molar-refractivity contribution in [2.45, 2.75) is 25.0 Å². The van der Waals surface area contributed by atoms with E-state index in [0.717, 1.165) is 0 Å². The summed E-state index contributed by atoms with van der Waals surface area (Å²) in [4.78, 5) is 25.6. The third-order valence-electron chi connectivity index (χ3n) is 3.92. The molecule has 126 valence electrons. The van der Waals surface area contributed by atoms with E-state index >= 15 is 0 Å². The predicted octanol–water partition coefficient (Wildman–Crippen LogP) is 1.07. The van der Waals surface area contributed by atoms with Crippen molar-refractivity contribution < 1.29 is 19.8 Å². The normalized spacial score (nSPS) is 24.4. The fourth-order valence-electron chi connectivity index (χ4n) is 2.29. The number of aliphatic hydroxyl groups is 2. The minimum atomic E-state index is -1.20. The molecule has 0 spiro atoms. The highest BCUT2D eigenvalue weighted by molar-refractivity contribution is 6.35. The molecule has 0 aromatic heterocycles. The molecular weight excluding hydrogens is 343 g/mol. The van der Waals surface area contributed by atoms with Crippen molar-refractivity contribution in [2.24, 2.45) is 0 Å². The zero-order valence-electron chi connectivity index (χ0n) is 12.6. The van der Waals surface area contributed by atoms with Crippen molar-refractivity contribution in [2.75, 3.05) is 19.6 Å². The average molecular weight is 361 g/mol. The van der Waals surface area contributed by atoms with Crippen LogP contribution >= 0.6 is 23.2 Å². The fraction of sp³-hybridized carbons (Fsp3) is 0.467. The summed E-state index contributed by atoms with van der Waals surface area (Å²) in [5, 5.41) is 22.8. The summed E-state index contributed by atoms with van der Waals surface area (Å²) in [6, 6.07) is 4.49. The molecule has 2 amide bonds. The van der Waals surface area contributed by atoms with Gasteiger partial charge in [0.1, 0.15) is 0 Å². The molecule has 1 aliphatic heterocycles. The van der Waals surface area contributed by atoms with Crippen LogP contribution in [-0.4, -0.2) is 58.3 Å². The second-order valence-corrected chi connectivity index (χ2v) is 6.61. The molecule has 3 N–H and O–H groups in total. The van der Waals surface area contributed by atoms with Crippen LogP contribution in [0.4, 0.5) is 0 Å². The van der Waals surface area contributed by atoms with Crippen molar-refractivity contribution in [1.82, 2.24) is 10.2 Å². The zero-order valence-corrected chi connectivity index (χ0v) is 14.1. The van der Waals surface area contributed by atoms with Crippen LogP contribution in [0.1, 0.15) is 23.7 Å². The molecular formula is C15H18Cl2N2O4. The molecule has 0 unspecified atom stereocenters. The van der Waals surface area contributed by atoms with Crippen molar-refractivity contribution >= 4 is 35.0 Å². The van der Waals surface area contributed by atoms with Gasteiger partial charge in [0.15, 0.2) is 0 Å². The Morgan fingerprint density at radius 3 is 2.78 bits per heavy atom. The summed E-state index contributed by atoms with van der Waals surface area (Å²) >= 11 is 11.8. The van der Waals surface area contributed by atoms with Gasteiger partial charge in [-0.1, -0.05) is 23.2 Å². The number of carbonyl (C=O) groups is 2. The van der Waals surface area contributed by atoms with Crippen molar-refractivity contribution in [1.29, 1.82) is 0 Å². The van der Waals surface area contributed by atoms with E-state index in [1.807, 2.05) is 0 Å². The number of nitrogens with one attached hydrogen (secondary N) is 1. The number of benzene rings is 1. The van der Waals surface area contributed by atoms with Crippen LogP contribution in [-0.2, 0) is 4.79 Å². The lowest BCUT2D eigenvalue weighted by atomic mass is 9.91. The largest absolute Gasteiger partial charge is 0.388 e. The molecule has 23 heavy (non-hydrogen) atoms. The number of rotatable bonds is 3. The lowest BCUT2D eigenvalue weighted by Gasteiger charge is -2.39. The van der Waals surface area contributed by atoms with Gasteiger partial charge in [-0.15, -0.1) is 0 Å². The molecule has 0 bridgehead atoms. The molecule has 1 saturated heterocycles. The number of carbonyl (C=O) groups excluding carboxylic acids is 2. The Hall–Kier alpha value is -1.34. The number of hydrogen-bond acceptors (Lipinski definition) is 4. The first-order valence-electron chi connectivity index (χ1n) is 7.12. The third-order valence-corrected chi connectivity index (χ3v) is 4.49. The molecule has 0 radical (unpaired) electrons. The van der Waals surface area contributed by atoms with Gasteiger partial charge in [0.05, 0.1) is 28.8 Å². The van der Waals surface area contributed by atoms with Crippen molar-refractivity contribution in [3.05, 3.63) is 33.8 Å². The Morgan fingerprint density at radius 1 is 1.43 bits per heavy atom. The van der Waals surface area contributed by atoms with Gasteiger partial charge in [-0.25, -0.2) is 0 Å². The number of amides is 2. The van der Waals surface area contributed by atoms with E-state index in [9.17, 15) is 19.8 Å². The SMILES string of the molecule is C[C@]1(O)CCN(C(=O)CNC(=O)c2cc(Cl)ccc2Cl)C[C@@H]1O. The topological polar surface area (TPSA) is 89.9 Å². The quantitative estimate of drug-likeness (QED) is 0.751. The molecule has 1 aromatic carbocycles. The molecule has 1 aromatic rings. The molecule has 2 rings (SSSR count). The first kappa shape index (κ1) is 18.0. The molecule has 2 atom stereocenters. The van der Waals surface area contributed by atoms with E-state index in [4.69, 9.17) is 23.2 Å². The zero-order chi connectivity index (χ0) is 17.2. The Labute approximate surface area is 144 Å². The van der Waals surface area contributed by atoms with Crippen LogP contribution in [0.25, 0.3) is 0 Å². The summed E-state index contributed by atoms with van der Waals surface area (Å²) in [6.45, 7) is 1.65. The van der Waals surface area contributed by atoms with Crippen molar-refractivity contribution in [3.63, 3.8) is 0 Å².